The molecule has 1 unspecified atom stereocenters. The zero-order chi connectivity index (χ0) is 18.5. The molecule has 3 rings (SSSR count). The summed E-state index contributed by atoms with van der Waals surface area (Å²) in [6.45, 7) is 2.98. The van der Waals surface area contributed by atoms with Crippen LogP contribution in [0.25, 0.3) is 0 Å². The highest BCUT2D eigenvalue weighted by atomic mass is 35.5. The maximum atomic E-state index is 13.9. The zero-order valence-corrected chi connectivity index (χ0v) is 15.3. The Hall–Kier alpha value is -1.95. The van der Waals surface area contributed by atoms with Gasteiger partial charge in [0, 0.05) is 43.3 Å². The summed E-state index contributed by atoms with van der Waals surface area (Å²) in [6, 6.07) is 14.0. The van der Waals surface area contributed by atoms with Gasteiger partial charge in [-0.25, -0.2) is 4.39 Å². The number of halogens is 2. The first-order chi connectivity index (χ1) is 12.5. The Labute approximate surface area is 158 Å². The highest BCUT2D eigenvalue weighted by molar-refractivity contribution is 6.31. The summed E-state index contributed by atoms with van der Waals surface area (Å²) in [5.41, 5.74) is 7.67. The lowest BCUT2D eigenvalue weighted by atomic mass is 10.1. The van der Waals surface area contributed by atoms with Crippen molar-refractivity contribution in [3.8, 4) is 0 Å². The Morgan fingerprint density at radius 1 is 1.08 bits per heavy atom. The van der Waals surface area contributed by atoms with Gasteiger partial charge in [0.2, 0.25) is 5.91 Å². The van der Waals surface area contributed by atoms with E-state index in [0.29, 0.717) is 49.7 Å². The molecule has 6 heteroatoms. The molecule has 1 saturated heterocycles. The number of nitrogens with zero attached hydrogens (tertiary/aromatic N) is 2. The Balaban J connectivity index is 1.52. The molecule has 1 heterocycles. The van der Waals surface area contributed by atoms with Crippen molar-refractivity contribution in [2.45, 2.75) is 19.0 Å². The van der Waals surface area contributed by atoms with E-state index in [4.69, 9.17) is 17.3 Å². The van der Waals surface area contributed by atoms with Crippen LogP contribution in [-0.4, -0.2) is 47.9 Å². The predicted molar refractivity (Wildman–Crippen MR) is 101 cm³/mol. The second-order valence-electron chi connectivity index (χ2n) is 6.60. The van der Waals surface area contributed by atoms with Crippen LogP contribution in [0.3, 0.4) is 0 Å². The molecule has 138 valence electrons. The molecule has 1 aliphatic rings. The molecule has 0 radical (unpaired) electrons. The Kier molecular flexibility index (Phi) is 6.25. The zero-order valence-electron chi connectivity index (χ0n) is 14.6. The van der Waals surface area contributed by atoms with Crippen LogP contribution >= 0.6 is 11.6 Å². The topological polar surface area (TPSA) is 49.6 Å². The molecule has 0 aromatic heterocycles. The molecular weight excluding hydrogens is 353 g/mol. The fraction of sp³-hybridized carbons (Fsp3) is 0.350. The summed E-state index contributed by atoms with van der Waals surface area (Å²) in [6.07, 6.45) is 0.532. The second kappa shape index (κ2) is 8.62. The van der Waals surface area contributed by atoms with E-state index >= 15 is 0 Å². The van der Waals surface area contributed by atoms with Gasteiger partial charge in [-0.1, -0.05) is 48.0 Å². The summed E-state index contributed by atoms with van der Waals surface area (Å²) in [5.74, 6) is -0.321. The molecule has 2 aromatic carbocycles. The van der Waals surface area contributed by atoms with Crippen molar-refractivity contribution in [3.05, 3.63) is 70.5 Å². The predicted octanol–water partition coefficient (Wildman–Crippen LogP) is 2.69. The van der Waals surface area contributed by atoms with E-state index in [0.717, 1.165) is 5.56 Å². The van der Waals surface area contributed by atoms with Gasteiger partial charge in [-0.15, -0.1) is 0 Å². The molecule has 0 aliphatic carbocycles. The minimum atomic E-state index is -0.537. The molecule has 0 spiro atoms. The number of benzene rings is 2. The first kappa shape index (κ1) is 18.8. The lowest BCUT2D eigenvalue weighted by Gasteiger charge is -2.36. The number of rotatable bonds is 5. The van der Waals surface area contributed by atoms with E-state index in [-0.39, 0.29) is 11.7 Å². The number of piperazine rings is 1. The number of carbonyl (C=O) groups is 1. The summed E-state index contributed by atoms with van der Waals surface area (Å²) < 4.78 is 13.9. The SMILES string of the molecule is NC(Cc1ccccc1)C(=O)N1CCN(Cc2c(F)cccc2Cl)CC1. The van der Waals surface area contributed by atoms with Crippen LogP contribution in [-0.2, 0) is 17.8 Å². The Morgan fingerprint density at radius 2 is 1.77 bits per heavy atom. The van der Waals surface area contributed by atoms with Gasteiger partial charge in [-0.3, -0.25) is 9.69 Å². The standard InChI is InChI=1S/C20H23ClFN3O/c21-17-7-4-8-18(22)16(17)14-24-9-11-25(12-10-24)20(26)19(23)13-15-5-2-1-3-6-15/h1-8,19H,9-14,23H2. The van der Waals surface area contributed by atoms with Gasteiger partial charge in [0.25, 0.3) is 0 Å². The van der Waals surface area contributed by atoms with Crippen LogP contribution in [0.5, 0.6) is 0 Å². The van der Waals surface area contributed by atoms with Crippen molar-refractivity contribution in [2.75, 3.05) is 26.2 Å². The normalized spacial score (nSPS) is 16.5. The average Bonchev–Trinajstić information content (AvgIpc) is 2.65. The summed E-state index contributed by atoms with van der Waals surface area (Å²) >= 11 is 6.10. The molecule has 2 N–H and O–H groups in total. The van der Waals surface area contributed by atoms with Crippen molar-refractivity contribution in [3.63, 3.8) is 0 Å². The highest BCUT2D eigenvalue weighted by Gasteiger charge is 2.26. The van der Waals surface area contributed by atoms with E-state index in [1.807, 2.05) is 30.3 Å². The maximum absolute atomic E-state index is 13.9. The molecule has 2 aromatic rings. The van der Waals surface area contributed by atoms with Crippen molar-refractivity contribution in [1.29, 1.82) is 0 Å². The summed E-state index contributed by atoms with van der Waals surface area (Å²) in [7, 11) is 0. The molecule has 1 aliphatic heterocycles. The summed E-state index contributed by atoms with van der Waals surface area (Å²) in [4.78, 5) is 16.5. The van der Waals surface area contributed by atoms with Gasteiger partial charge < -0.3 is 10.6 Å². The highest BCUT2D eigenvalue weighted by Crippen LogP contribution is 2.21. The Bertz CT molecular complexity index is 728. The summed E-state index contributed by atoms with van der Waals surface area (Å²) in [5, 5.41) is 0.438. The number of hydrogen-bond acceptors (Lipinski definition) is 3. The number of hydrogen-bond donors (Lipinski definition) is 1. The lowest BCUT2D eigenvalue weighted by Crippen LogP contribution is -2.53. The Morgan fingerprint density at radius 3 is 2.42 bits per heavy atom. The fourth-order valence-electron chi connectivity index (χ4n) is 3.22. The van der Waals surface area contributed by atoms with E-state index in [2.05, 4.69) is 4.90 Å². The van der Waals surface area contributed by atoms with E-state index in [9.17, 15) is 9.18 Å². The van der Waals surface area contributed by atoms with Crippen molar-refractivity contribution < 1.29 is 9.18 Å². The van der Waals surface area contributed by atoms with Crippen LogP contribution in [0, 0.1) is 5.82 Å². The largest absolute Gasteiger partial charge is 0.339 e. The number of nitrogens with two attached hydrogens (primary N) is 1. The quantitative estimate of drug-likeness (QED) is 0.874. The van der Waals surface area contributed by atoms with Gasteiger partial charge in [0.05, 0.1) is 6.04 Å². The minimum absolute atomic E-state index is 0.0302. The fourth-order valence-corrected chi connectivity index (χ4v) is 3.45. The first-order valence-corrected chi connectivity index (χ1v) is 9.16. The van der Waals surface area contributed by atoms with E-state index < -0.39 is 6.04 Å². The van der Waals surface area contributed by atoms with Crippen molar-refractivity contribution in [1.82, 2.24) is 9.80 Å². The molecule has 4 nitrogen and oxygen atoms in total. The number of amides is 1. The van der Waals surface area contributed by atoms with Crippen LogP contribution < -0.4 is 5.73 Å². The average molecular weight is 376 g/mol. The van der Waals surface area contributed by atoms with E-state index in [1.165, 1.54) is 6.07 Å². The lowest BCUT2D eigenvalue weighted by molar-refractivity contribution is -0.134. The molecule has 0 bridgehead atoms. The molecule has 1 atom stereocenters. The molecule has 1 fully saturated rings. The second-order valence-corrected chi connectivity index (χ2v) is 7.01. The smallest absolute Gasteiger partial charge is 0.239 e. The maximum Gasteiger partial charge on any atom is 0.239 e. The third-order valence-corrected chi connectivity index (χ3v) is 5.10. The van der Waals surface area contributed by atoms with Crippen LogP contribution in [0.15, 0.2) is 48.5 Å². The van der Waals surface area contributed by atoms with E-state index in [1.54, 1.807) is 17.0 Å². The van der Waals surface area contributed by atoms with Crippen LogP contribution in [0.2, 0.25) is 5.02 Å². The van der Waals surface area contributed by atoms with Gasteiger partial charge in [-0.05, 0) is 24.1 Å². The van der Waals surface area contributed by atoms with Gasteiger partial charge >= 0.3 is 0 Å². The van der Waals surface area contributed by atoms with Gasteiger partial charge in [0.15, 0.2) is 0 Å². The monoisotopic (exact) mass is 375 g/mol. The first-order valence-electron chi connectivity index (χ1n) is 8.78. The van der Waals surface area contributed by atoms with Gasteiger partial charge in [-0.2, -0.15) is 0 Å². The minimum Gasteiger partial charge on any atom is -0.339 e. The van der Waals surface area contributed by atoms with Crippen molar-refractivity contribution >= 4 is 17.5 Å². The molecule has 1 amide bonds. The van der Waals surface area contributed by atoms with Crippen LogP contribution in [0.1, 0.15) is 11.1 Å². The molecular formula is C20H23ClFN3O. The van der Waals surface area contributed by atoms with Gasteiger partial charge in [0.1, 0.15) is 5.82 Å². The number of carbonyl (C=O) groups excluding carboxylic acids is 1. The van der Waals surface area contributed by atoms with Crippen molar-refractivity contribution in [2.24, 2.45) is 5.73 Å². The molecule has 0 saturated carbocycles. The third kappa shape index (κ3) is 4.61. The third-order valence-electron chi connectivity index (χ3n) is 4.74. The molecule has 26 heavy (non-hydrogen) atoms. The van der Waals surface area contributed by atoms with Crippen LogP contribution in [0.4, 0.5) is 4.39 Å².